The molecule has 0 unspecified atom stereocenters. The normalized spacial score (nSPS) is 14.7. The largest absolute Gasteiger partial charge is 0.494 e. The van der Waals surface area contributed by atoms with Crippen LogP contribution < -0.4 is 29.1 Å². The van der Waals surface area contributed by atoms with Gasteiger partial charge in [-0.2, -0.15) is 0 Å². The molecule has 10 nitrogen and oxygen atoms in total. The van der Waals surface area contributed by atoms with Gasteiger partial charge in [-0.05, 0) is 76.1 Å². The number of nitrogens with zero attached hydrogens (tertiary/aromatic N) is 2. The van der Waals surface area contributed by atoms with Gasteiger partial charge >= 0.3 is 11.9 Å². The molecule has 2 aromatic carbocycles. The molecular weight excluding hydrogens is 560 g/mol. The average molecular weight is 595 g/mol. The Hall–Kier alpha value is -4.38. The number of carbonyl (C=O) groups excluding carboxylic acids is 2. The van der Waals surface area contributed by atoms with Gasteiger partial charge in [0, 0.05) is 0 Å². The van der Waals surface area contributed by atoms with E-state index in [9.17, 15) is 14.4 Å². The molecule has 3 aromatic rings. The zero-order valence-electron chi connectivity index (χ0n) is 24.5. The molecule has 1 aliphatic heterocycles. The van der Waals surface area contributed by atoms with Crippen LogP contribution in [-0.2, 0) is 19.1 Å². The first-order chi connectivity index (χ1) is 20.2. The summed E-state index contributed by atoms with van der Waals surface area (Å²) >= 11 is 1.22. The third-order valence-corrected chi connectivity index (χ3v) is 7.21. The molecule has 11 heteroatoms. The Kier molecular flexibility index (Phi) is 9.84. The first-order valence-corrected chi connectivity index (χ1v) is 14.4. The molecule has 0 spiro atoms. The van der Waals surface area contributed by atoms with E-state index in [1.807, 2.05) is 31.2 Å². The fraction of sp³-hybridized carbons (Fsp3) is 0.355. The SMILES string of the molecule is CCOC(=O)COc1ccc(/C=c2/sc3n(c2=O)[C@H](c2ccc(OCC)cc2)C(C(=O)OC(C)C)=C(C)N=3)cc1OC. The summed E-state index contributed by atoms with van der Waals surface area (Å²) in [7, 11) is 1.49. The first kappa shape index (κ1) is 30.6. The maximum absolute atomic E-state index is 13.9. The van der Waals surface area contributed by atoms with Crippen LogP contribution in [0.3, 0.4) is 0 Å². The molecule has 1 aromatic heterocycles. The van der Waals surface area contributed by atoms with Crippen molar-refractivity contribution in [2.24, 2.45) is 4.99 Å². The molecule has 0 saturated heterocycles. The lowest BCUT2D eigenvalue weighted by Crippen LogP contribution is -2.40. The molecule has 222 valence electrons. The lowest BCUT2D eigenvalue weighted by atomic mass is 9.96. The smallest absolute Gasteiger partial charge is 0.344 e. The number of ether oxygens (including phenoxy) is 5. The highest BCUT2D eigenvalue weighted by atomic mass is 32.1. The van der Waals surface area contributed by atoms with Crippen LogP contribution in [0.15, 0.2) is 63.5 Å². The quantitative estimate of drug-likeness (QED) is 0.310. The summed E-state index contributed by atoms with van der Waals surface area (Å²) in [5.41, 5.74) is 1.88. The van der Waals surface area contributed by atoms with Crippen LogP contribution in [0.2, 0.25) is 0 Å². The molecule has 1 atom stereocenters. The van der Waals surface area contributed by atoms with Gasteiger partial charge < -0.3 is 23.7 Å². The minimum Gasteiger partial charge on any atom is -0.494 e. The number of aromatic nitrogens is 1. The maximum atomic E-state index is 13.9. The zero-order chi connectivity index (χ0) is 30.4. The van der Waals surface area contributed by atoms with E-state index in [4.69, 9.17) is 23.7 Å². The van der Waals surface area contributed by atoms with Crippen molar-refractivity contribution in [2.45, 2.75) is 46.8 Å². The summed E-state index contributed by atoms with van der Waals surface area (Å²) in [6.07, 6.45) is 1.38. The summed E-state index contributed by atoms with van der Waals surface area (Å²) in [5.74, 6) is 0.428. The minimum atomic E-state index is -0.737. The van der Waals surface area contributed by atoms with Crippen LogP contribution in [0.4, 0.5) is 0 Å². The Bertz CT molecular complexity index is 1670. The third-order valence-electron chi connectivity index (χ3n) is 6.23. The molecule has 0 radical (unpaired) electrons. The molecular formula is C31H34N2O8S. The number of esters is 2. The first-order valence-electron chi connectivity index (χ1n) is 13.6. The van der Waals surface area contributed by atoms with E-state index in [1.54, 1.807) is 52.0 Å². The topological polar surface area (TPSA) is 115 Å². The summed E-state index contributed by atoms with van der Waals surface area (Å²) in [6, 6.07) is 11.7. The summed E-state index contributed by atoms with van der Waals surface area (Å²) in [5, 5.41) is 0. The van der Waals surface area contributed by atoms with Gasteiger partial charge in [-0.3, -0.25) is 9.36 Å². The number of carbonyl (C=O) groups is 2. The van der Waals surface area contributed by atoms with Gasteiger partial charge in [-0.1, -0.05) is 29.5 Å². The lowest BCUT2D eigenvalue weighted by Gasteiger charge is -2.25. The second-order valence-corrected chi connectivity index (χ2v) is 10.6. The van der Waals surface area contributed by atoms with E-state index in [0.29, 0.717) is 50.0 Å². The molecule has 0 aliphatic carbocycles. The molecule has 0 amide bonds. The van der Waals surface area contributed by atoms with Crippen molar-refractivity contribution in [3.8, 4) is 17.2 Å². The van der Waals surface area contributed by atoms with Gasteiger partial charge in [0.1, 0.15) is 5.75 Å². The fourth-order valence-electron chi connectivity index (χ4n) is 4.47. The van der Waals surface area contributed by atoms with Gasteiger partial charge in [-0.25, -0.2) is 14.6 Å². The van der Waals surface area contributed by atoms with Gasteiger partial charge in [0.05, 0.1) is 48.3 Å². The molecule has 0 saturated carbocycles. The third kappa shape index (κ3) is 6.73. The fourth-order valence-corrected chi connectivity index (χ4v) is 5.52. The molecule has 0 fully saturated rings. The lowest BCUT2D eigenvalue weighted by molar-refractivity contribution is -0.145. The monoisotopic (exact) mass is 594 g/mol. The average Bonchev–Trinajstić information content (AvgIpc) is 3.25. The predicted octanol–water partition coefficient (Wildman–Crippen LogP) is 3.54. The van der Waals surface area contributed by atoms with E-state index in [-0.39, 0.29) is 24.9 Å². The maximum Gasteiger partial charge on any atom is 0.344 e. The van der Waals surface area contributed by atoms with E-state index >= 15 is 0 Å². The van der Waals surface area contributed by atoms with Crippen molar-refractivity contribution in [3.63, 3.8) is 0 Å². The number of fused-ring (bicyclic) bond motifs is 1. The van der Waals surface area contributed by atoms with Crippen molar-refractivity contribution in [1.29, 1.82) is 0 Å². The van der Waals surface area contributed by atoms with Crippen LogP contribution in [0.25, 0.3) is 6.08 Å². The highest BCUT2D eigenvalue weighted by Gasteiger charge is 2.33. The highest BCUT2D eigenvalue weighted by molar-refractivity contribution is 7.07. The Balaban J connectivity index is 1.78. The van der Waals surface area contributed by atoms with Crippen molar-refractivity contribution in [3.05, 3.63) is 84.5 Å². The number of rotatable bonds is 11. The number of thiazole rings is 1. The van der Waals surface area contributed by atoms with Crippen LogP contribution in [0.1, 0.15) is 51.8 Å². The van der Waals surface area contributed by atoms with Crippen LogP contribution in [0, 0.1) is 0 Å². The second kappa shape index (κ2) is 13.5. The van der Waals surface area contributed by atoms with Gasteiger partial charge in [0.25, 0.3) is 5.56 Å². The standard InChI is InChI=1S/C31H34N2O8S/c1-7-38-22-12-10-21(11-13-22)28-27(30(36)41-18(3)4)19(5)32-31-33(28)29(35)25(42-31)16-20-9-14-23(24(15-20)37-6)40-17-26(34)39-8-2/h9-16,18,28H,7-8,17H2,1-6H3/b25-16+/t28-/m1/s1. The molecule has 0 N–H and O–H groups in total. The van der Waals surface area contributed by atoms with Gasteiger partial charge in [0.2, 0.25) is 0 Å². The number of allylic oxidation sites excluding steroid dienone is 1. The minimum absolute atomic E-state index is 0.255. The van der Waals surface area contributed by atoms with Crippen molar-refractivity contribution < 1.29 is 33.3 Å². The molecule has 42 heavy (non-hydrogen) atoms. The van der Waals surface area contributed by atoms with Crippen molar-refractivity contribution in [2.75, 3.05) is 26.9 Å². The number of hydrogen-bond acceptors (Lipinski definition) is 10. The van der Waals surface area contributed by atoms with E-state index < -0.39 is 18.0 Å². The molecule has 2 heterocycles. The summed E-state index contributed by atoms with van der Waals surface area (Å²) in [6.45, 7) is 9.43. The second-order valence-electron chi connectivity index (χ2n) is 9.54. The molecule has 0 bridgehead atoms. The van der Waals surface area contributed by atoms with Crippen molar-refractivity contribution >= 4 is 29.4 Å². The van der Waals surface area contributed by atoms with Gasteiger partial charge in [-0.15, -0.1) is 0 Å². The Labute approximate surface area is 247 Å². The highest BCUT2D eigenvalue weighted by Crippen LogP contribution is 2.32. The van der Waals surface area contributed by atoms with Crippen LogP contribution >= 0.6 is 11.3 Å². The molecule has 1 aliphatic rings. The Morgan fingerprint density at radius 3 is 2.43 bits per heavy atom. The van der Waals surface area contributed by atoms with Crippen LogP contribution in [0.5, 0.6) is 17.2 Å². The summed E-state index contributed by atoms with van der Waals surface area (Å²) < 4.78 is 29.0. The van der Waals surface area contributed by atoms with Crippen LogP contribution in [-0.4, -0.2) is 49.5 Å². The zero-order valence-corrected chi connectivity index (χ0v) is 25.3. The number of methoxy groups -OCH3 is 1. The van der Waals surface area contributed by atoms with Gasteiger partial charge in [0.15, 0.2) is 22.9 Å². The van der Waals surface area contributed by atoms with E-state index in [0.717, 1.165) is 5.56 Å². The number of hydrogen-bond donors (Lipinski definition) is 0. The Morgan fingerprint density at radius 1 is 1.05 bits per heavy atom. The van der Waals surface area contributed by atoms with E-state index in [1.165, 1.54) is 23.0 Å². The predicted molar refractivity (Wildman–Crippen MR) is 158 cm³/mol. The molecule has 4 rings (SSSR count). The number of benzene rings is 2. The summed E-state index contributed by atoms with van der Waals surface area (Å²) in [4.78, 5) is 44.0. The van der Waals surface area contributed by atoms with E-state index in [2.05, 4.69) is 4.99 Å². The Morgan fingerprint density at radius 2 is 1.79 bits per heavy atom. The van der Waals surface area contributed by atoms with Crippen molar-refractivity contribution in [1.82, 2.24) is 4.57 Å².